The topological polar surface area (TPSA) is 33.1 Å². The highest BCUT2D eigenvalue weighted by atomic mass is 32.1. The second kappa shape index (κ2) is 5.76. The van der Waals surface area contributed by atoms with E-state index in [4.69, 9.17) is 0 Å². The fraction of sp³-hybridized carbons (Fsp3) is 0.462. The molecule has 0 aliphatic heterocycles. The van der Waals surface area contributed by atoms with Gasteiger partial charge in [-0.25, -0.2) is 4.98 Å². The van der Waals surface area contributed by atoms with Crippen LogP contribution in [0, 0.1) is 12.8 Å². The third-order valence-electron chi connectivity index (χ3n) is 2.95. The molecule has 1 N–H and O–H groups in total. The summed E-state index contributed by atoms with van der Waals surface area (Å²) in [5.74, 6) is 0.346. The summed E-state index contributed by atoms with van der Waals surface area (Å²) in [7, 11) is 0. The van der Waals surface area contributed by atoms with Gasteiger partial charge in [0.1, 0.15) is 0 Å². The maximum atomic E-state index is 9.20. The van der Waals surface area contributed by atoms with Gasteiger partial charge in [0.05, 0.1) is 15.6 Å². The van der Waals surface area contributed by atoms with E-state index in [0.717, 1.165) is 23.5 Å². The first kappa shape index (κ1) is 12.7. The molecule has 0 aromatic carbocycles. The van der Waals surface area contributed by atoms with E-state index in [1.807, 2.05) is 0 Å². The lowest BCUT2D eigenvalue weighted by Gasteiger charge is -2.07. The average molecular weight is 267 g/mol. The highest BCUT2D eigenvalue weighted by molar-refractivity contribution is 7.14. The monoisotopic (exact) mass is 267 g/mol. The van der Waals surface area contributed by atoms with E-state index < -0.39 is 0 Å². The molecule has 1 atom stereocenters. The van der Waals surface area contributed by atoms with E-state index in [9.17, 15) is 5.11 Å². The molecular formula is C13H17NOS2. The number of rotatable bonds is 5. The Bertz CT molecular complexity index is 471. The molecule has 0 saturated carbocycles. The van der Waals surface area contributed by atoms with Gasteiger partial charge in [-0.1, -0.05) is 13.3 Å². The van der Waals surface area contributed by atoms with Crippen LogP contribution < -0.4 is 0 Å². The number of nitrogens with zero attached hydrogens (tertiary/aromatic N) is 1. The number of aliphatic hydroxyl groups is 1. The summed E-state index contributed by atoms with van der Waals surface area (Å²) in [5.41, 5.74) is 2.38. The number of thiazole rings is 1. The van der Waals surface area contributed by atoms with Crippen molar-refractivity contribution in [3.63, 3.8) is 0 Å². The Labute approximate surface area is 110 Å². The van der Waals surface area contributed by atoms with Crippen molar-refractivity contribution < 1.29 is 5.11 Å². The van der Waals surface area contributed by atoms with E-state index in [1.165, 1.54) is 10.4 Å². The van der Waals surface area contributed by atoms with Gasteiger partial charge in [-0.3, -0.25) is 0 Å². The Morgan fingerprint density at radius 3 is 2.82 bits per heavy atom. The van der Waals surface area contributed by atoms with Crippen molar-refractivity contribution in [3.8, 4) is 10.6 Å². The summed E-state index contributed by atoms with van der Waals surface area (Å²) < 4.78 is 0. The van der Waals surface area contributed by atoms with Gasteiger partial charge in [0, 0.05) is 18.4 Å². The van der Waals surface area contributed by atoms with Crippen molar-refractivity contribution in [3.05, 3.63) is 27.4 Å². The van der Waals surface area contributed by atoms with Gasteiger partial charge in [0.2, 0.25) is 0 Å². The average Bonchev–Trinajstić information content (AvgIpc) is 2.94. The summed E-state index contributed by atoms with van der Waals surface area (Å²) in [6.07, 6.45) is 1.89. The molecule has 92 valence electrons. The highest BCUT2D eigenvalue weighted by Gasteiger charge is 2.12. The summed E-state index contributed by atoms with van der Waals surface area (Å²) in [4.78, 5) is 5.94. The van der Waals surface area contributed by atoms with Crippen LogP contribution in [0.5, 0.6) is 0 Å². The zero-order chi connectivity index (χ0) is 12.3. The van der Waals surface area contributed by atoms with Crippen LogP contribution in [0.15, 0.2) is 16.8 Å². The van der Waals surface area contributed by atoms with Crippen LogP contribution in [0.2, 0.25) is 0 Å². The largest absolute Gasteiger partial charge is 0.396 e. The smallest absolute Gasteiger partial charge is 0.0936 e. The van der Waals surface area contributed by atoms with Crippen LogP contribution in [-0.4, -0.2) is 16.7 Å². The summed E-state index contributed by atoms with van der Waals surface area (Å²) in [6.45, 7) is 4.48. The third kappa shape index (κ3) is 2.94. The van der Waals surface area contributed by atoms with E-state index in [0.29, 0.717) is 5.92 Å². The third-order valence-corrected chi connectivity index (χ3v) is 4.86. The standard InChI is InChI=1S/C13H17NOS2/c1-3-10(7-15)6-12-14-11(8-17-12)13-9(2)4-5-16-13/h4-5,8,10,15H,3,6-7H2,1-2H3. The number of aliphatic hydroxyl groups excluding tert-OH is 1. The van der Waals surface area contributed by atoms with E-state index in [1.54, 1.807) is 22.7 Å². The van der Waals surface area contributed by atoms with E-state index >= 15 is 0 Å². The Morgan fingerprint density at radius 1 is 1.41 bits per heavy atom. The van der Waals surface area contributed by atoms with Crippen molar-refractivity contribution >= 4 is 22.7 Å². The summed E-state index contributed by atoms with van der Waals surface area (Å²) in [6, 6.07) is 2.13. The molecule has 0 radical (unpaired) electrons. The van der Waals surface area contributed by atoms with Gasteiger partial charge in [0.25, 0.3) is 0 Å². The van der Waals surface area contributed by atoms with Crippen molar-refractivity contribution in [2.75, 3.05) is 6.61 Å². The quantitative estimate of drug-likeness (QED) is 0.895. The zero-order valence-electron chi connectivity index (χ0n) is 10.1. The van der Waals surface area contributed by atoms with Gasteiger partial charge in [-0.05, 0) is 29.9 Å². The molecule has 2 rings (SSSR count). The zero-order valence-corrected chi connectivity index (χ0v) is 11.8. The molecule has 0 saturated heterocycles. The predicted octanol–water partition coefficient (Wildman–Crippen LogP) is 3.74. The Hall–Kier alpha value is -0.710. The van der Waals surface area contributed by atoms with Crippen molar-refractivity contribution in [2.45, 2.75) is 26.7 Å². The molecular weight excluding hydrogens is 250 g/mol. The first-order chi connectivity index (χ1) is 8.24. The molecule has 0 aliphatic carbocycles. The summed E-state index contributed by atoms with van der Waals surface area (Å²) >= 11 is 3.44. The first-order valence-corrected chi connectivity index (χ1v) is 7.60. The molecule has 1 unspecified atom stereocenters. The molecule has 0 spiro atoms. The number of hydrogen-bond donors (Lipinski definition) is 1. The van der Waals surface area contributed by atoms with Crippen LogP contribution >= 0.6 is 22.7 Å². The number of hydrogen-bond acceptors (Lipinski definition) is 4. The van der Waals surface area contributed by atoms with Crippen LogP contribution in [0.4, 0.5) is 0 Å². The van der Waals surface area contributed by atoms with Gasteiger partial charge in [-0.2, -0.15) is 0 Å². The van der Waals surface area contributed by atoms with Crippen molar-refractivity contribution in [2.24, 2.45) is 5.92 Å². The van der Waals surface area contributed by atoms with Crippen LogP contribution in [-0.2, 0) is 6.42 Å². The van der Waals surface area contributed by atoms with Gasteiger partial charge >= 0.3 is 0 Å². The van der Waals surface area contributed by atoms with E-state index in [2.05, 4.69) is 35.7 Å². The fourth-order valence-electron chi connectivity index (χ4n) is 1.73. The van der Waals surface area contributed by atoms with Gasteiger partial charge < -0.3 is 5.11 Å². The number of thiophene rings is 1. The second-order valence-corrected chi connectivity index (χ2v) is 6.08. The SMILES string of the molecule is CCC(CO)Cc1nc(-c2sccc2C)cs1. The maximum absolute atomic E-state index is 9.20. The second-order valence-electron chi connectivity index (χ2n) is 4.22. The lowest BCUT2D eigenvalue weighted by Crippen LogP contribution is -2.07. The minimum absolute atomic E-state index is 0.253. The van der Waals surface area contributed by atoms with E-state index in [-0.39, 0.29) is 6.61 Å². The molecule has 0 fully saturated rings. The normalized spacial score (nSPS) is 12.9. The Kier molecular flexibility index (Phi) is 4.31. The number of aryl methyl sites for hydroxylation is 1. The minimum Gasteiger partial charge on any atom is -0.396 e. The van der Waals surface area contributed by atoms with Crippen molar-refractivity contribution in [1.82, 2.24) is 4.98 Å². The minimum atomic E-state index is 0.253. The predicted molar refractivity (Wildman–Crippen MR) is 74.7 cm³/mol. The maximum Gasteiger partial charge on any atom is 0.0936 e. The molecule has 0 bridgehead atoms. The molecule has 2 aromatic rings. The van der Waals surface area contributed by atoms with Crippen LogP contribution in [0.3, 0.4) is 0 Å². The number of aromatic nitrogens is 1. The molecule has 17 heavy (non-hydrogen) atoms. The molecule has 0 amide bonds. The highest BCUT2D eigenvalue weighted by Crippen LogP contribution is 2.30. The molecule has 4 heteroatoms. The van der Waals surface area contributed by atoms with Crippen molar-refractivity contribution in [1.29, 1.82) is 0 Å². The Morgan fingerprint density at radius 2 is 2.24 bits per heavy atom. The Balaban J connectivity index is 2.14. The van der Waals surface area contributed by atoms with Gasteiger partial charge in [0.15, 0.2) is 0 Å². The molecule has 2 nitrogen and oxygen atoms in total. The summed E-state index contributed by atoms with van der Waals surface area (Å²) in [5, 5.41) is 14.6. The van der Waals surface area contributed by atoms with Crippen LogP contribution in [0.25, 0.3) is 10.6 Å². The lowest BCUT2D eigenvalue weighted by atomic mass is 10.0. The lowest BCUT2D eigenvalue weighted by molar-refractivity contribution is 0.222. The first-order valence-electron chi connectivity index (χ1n) is 5.84. The van der Waals surface area contributed by atoms with Gasteiger partial charge in [-0.15, -0.1) is 22.7 Å². The van der Waals surface area contributed by atoms with Crippen LogP contribution in [0.1, 0.15) is 23.9 Å². The molecule has 0 aliphatic rings. The molecule has 2 aromatic heterocycles. The fourth-order valence-corrected chi connectivity index (χ4v) is 3.59. The molecule has 2 heterocycles.